The highest BCUT2D eigenvalue weighted by atomic mass is 79.9. The Morgan fingerprint density at radius 2 is 1.80 bits per heavy atom. The van der Waals surface area contributed by atoms with E-state index in [-0.39, 0.29) is 17.1 Å². The molecule has 1 saturated heterocycles. The number of carbonyl (C=O) groups excluding carboxylic acids is 2. The highest BCUT2D eigenvalue weighted by molar-refractivity contribution is 9.11. The zero-order valence-corrected chi connectivity index (χ0v) is 15.0. The Bertz CT molecular complexity index is 579. The molecule has 1 heterocycles. The van der Waals surface area contributed by atoms with Crippen LogP contribution in [0.3, 0.4) is 0 Å². The van der Waals surface area contributed by atoms with E-state index >= 15 is 0 Å². The summed E-state index contributed by atoms with van der Waals surface area (Å²) in [6.45, 7) is 4.43. The summed E-state index contributed by atoms with van der Waals surface area (Å²) < 4.78 is 1.83. The summed E-state index contributed by atoms with van der Waals surface area (Å²) in [6.07, 6.45) is 1.75. The minimum atomic E-state index is -0.204. The van der Waals surface area contributed by atoms with Gasteiger partial charge in [0.15, 0.2) is 0 Å². The molecule has 0 unspecified atom stereocenters. The second kappa shape index (κ2) is 6.45. The third-order valence-electron chi connectivity index (χ3n) is 2.60. The number of hydrogen-bond donors (Lipinski definition) is 0. The molecule has 1 fully saturated rings. The van der Waals surface area contributed by atoms with Crippen LogP contribution < -0.4 is 0 Å². The average molecular weight is 419 g/mol. The lowest BCUT2D eigenvalue weighted by Gasteiger charge is -2.14. The molecule has 0 aromatic heterocycles. The molecule has 0 bridgehead atoms. The first-order valence-corrected chi connectivity index (χ1v) is 8.48. The largest absolute Gasteiger partial charge is 0.293 e. The van der Waals surface area contributed by atoms with Crippen LogP contribution in [0.1, 0.15) is 19.4 Å². The lowest BCUT2D eigenvalue weighted by molar-refractivity contribution is -0.123. The van der Waals surface area contributed by atoms with Gasteiger partial charge < -0.3 is 0 Å². The number of hydrogen-bond acceptors (Lipinski definition) is 3. The van der Waals surface area contributed by atoms with E-state index in [1.807, 2.05) is 32.0 Å². The van der Waals surface area contributed by atoms with Crippen molar-refractivity contribution in [3.8, 4) is 0 Å². The third-order valence-corrected chi connectivity index (χ3v) is 4.43. The highest BCUT2D eigenvalue weighted by Crippen LogP contribution is 2.33. The molecule has 6 heteroatoms. The van der Waals surface area contributed by atoms with Crippen molar-refractivity contribution in [2.75, 3.05) is 6.54 Å². The fraction of sp³-hybridized carbons (Fsp3) is 0.286. The van der Waals surface area contributed by atoms with Gasteiger partial charge in [-0.3, -0.25) is 14.5 Å². The lowest BCUT2D eigenvalue weighted by Crippen LogP contribution is -2.31. The van der Waals surface area contributed by atoms with Crippen LogP contribution in [0.15, 0.2) is 32.0 Å². The van der Waals surface area contributed by atoms with Crippen molar-refractivity contribution in [3.05, 3.63) is 37.6 Å². The van der Waals surface area contributed by atoms with Crippen LogP contribution >= 0.6 is 43.6 Å². The van der Waals surface area contributed by atoms with Gasteiger partial charge in [-0.1, -0.05) is 45.7 Å². The summed E-state index contributed by atoms with van der Waals surface area (Å²) >= 11 is 7.81. The van der Waals surface area contributed by atoms with E-state index in [1.165, 1.54) is 4.90 Å². The van der Waals surface area contributed by atoms with E-state index in [2.05, 4.69) is 31.9 Å². The van der Waals surface area contributed by atoms with Crippen molar-refractivity contribution in [2.45, 2.75) is 13.8 Å². The van der Waals surface area contributed by atoms with E-state index in [9.17, 15) is 9.59 Å². The SMILES string of the molecule is CC(C)CN1C(=O)S/C(=C\c2cc(Br)cc(Br)c2)C1=O. The Hall–Kier alpha value is -0.590. The number of imide groups is 1. The van der Waals surface area contributed by atoms with E-state index in [0.29, 0.717) is 11.4 Å². The second-order valence-corrected chi connectivity index (χ2v) is 7.71. The van der Waals surface area contributed by atoms with Crippen molar-refractivity contribution >= 4 is 60.8 Å². The number of carbonyl (C=O) groups is 2. The van der Waals surface area contributed by atoms with Gasteiger partial charge in [-0.05, 0) is 47.5 Å². The van der Waals surface area contributed by atoms with E-state index < -0.39 is 0 Å². The number of amides is 2. The number of rotatable bonds is 3. The third kappa shape index (κ3) is 3.74. The maximum absolute atomic E-state index is 12.2. The molecule has 0 radical (unpaired) electrons. The van der Waals surface area contributed by atoms with Gasteiger partial charge in [-0.25, -0.2) is 0 Å². The van der Waals surface area contributed by atoms with Crippen LogP contribution in [0.2, 0.25) is 0 Å². The van der Waals surface area contributed by atoms with Gasteiger partial charge in [0, 0.05) is 15.5 Å². The van der Waals surface area contributed by atoms with Crippen LogP contribution in [0, 0.1) is 5.92 Å². The fourth-order valence-corrected chi connectivity index (χ4v) is 4.01. The monoisotopic (exact) mass is 417 g/mol. The van der Waals surface area contributed by atoms with Crippen molar-refractivity contribution in [1.29, 1.82) is 0 Å². The van der Waals surface area contributed by atoms with E-state index in [4.69, 9.17) is 0 Å². The van der Waals surface area contributed by atoms with Gasteiger partial charge in [0.2, 0.25) is 0 Å². The minimum Gasteiger partial charge on any atom is -0.268 e. The lowest BCUT2D eigenvalue weighted by atomic mass is 10.2. The van der Waals surface area contributed by atoms with Crippen LogP contribution in [0.4, 0.5) is 4.79 Å². The molecular weight excluding hydrogens is 406 g/mol. The first kappa shape index (κ1) is 15.8. The van der Waals surface area contributed by atoms with Crippen LogP contribution in [-0.4, -0.2) is 22.6 Å². The Labute approximate surface area is 139 Å². The maximum Gasteiger partial charge on any atom is 0.293 e. The Balaban J connectivity index is 2.27. The zero-order chi connectivity index (χ0) is 14.9. The molecular formula is C14H13Br2NO2S. The highest BCUT2D eigenvalue weighted by Gasteiger charge is 2.35. The first-order chi connectivity index (χ1) is 9.36. The molecule has 3 nitrogen and oxygen atoms in total. The summed E-state index contributed by atoms with van der Waals surface area (Å²) in [4.78, 5) is 25.9. The molecule has 1 aliphatic rings. The number of halogens is 2. The molecule has 106 valence electrons. The summed E-state index contributed by atoms with van der Waals surface area (Å²) in [6, 6.07) is 5.73. The molecule has 2 rings (SSSR count). The molecule has 1 aromatic rings. The Morgan fingerprint density at radius 1 is 1.20 bits per heavy atom. The Kier molecular flexibility index (Phi) is 5.09. The summed E-state index contributed by atoms with van der Waals surface area (Å²) in [5.74, 6) is 0.0627. The number of thioether (sulfide) groups is 1. The van der Waals surface area contributed by atoms with E-state index in [1.54, 1.807) is 6.08 Å². The quantitative estimate of drug-likeness (QED) is 0.654. The van der Waals surface area contributed by atoms with Gasteiger partial charge in [0.25, 0.3) is 11.1 Å². The number of nitrogens with zero attached hydrogens (tertiary/aromatic N) is 1. The van der Waals surface area contributed by atoms with Crippen LogP contribution in [0.5, 0.6) is 0 Å². The van der Waals surface area contributed by atoms with Crippen LogP contribution in [-0.2, 0) is 4.79 Å². The molecule has 0 N–H and O–H groups in total. The molecule has 1 aliphatic heterocycles. The van der Waals surface area contributed by atoms with Crippen molar-refractivity contribution in [2.24, 2.45) is 5.92 Å². The predicted molar refractivity (Wildman–Crippen MR) is 89.4 cm³/mol. The summed E-state index contributed by atoms with van der Waals surface area (Å²) in [7, 11) is 0. The second-order valence-electron chi connectivity index (χ2n) is 4.89. The average Bonchev–Trinajstić information content (AvgIpc) is 2.55. The van der Waals surface area contributed by atoms with Crippen LogP contribution in [0.25, 0.3) is 6.08 Å². The smallest absolute Gasteiger partial charge is 0.268 e. The number of benzene rings is 1. The zero-order valence-electron chi connectivity index (χ0n) is 11.0. The Morgan fingerprint density at radius 3 is 2.35 bits per heavy atom. The minimum absolute atomic E-state index is 0.191. The molecule has 0 spiro atoms. The van der Waals surface area contributed by atoms with Crippen molar-refractivity contribution < 1.29 is 9.59 Å². The fourth-order valence-electron chi connectivity index (χ4n) is 1.83. The van der Waals surface area contributed by atoms with Gasteiger partial charge in [-0.2, -0.15) is 0 Å². The first-order valence-electron chi connectivity index (χ1n) is 6.08. The normalized spacial score (nSPS) is 17.6. The van der Waals surface area contributed by atoms with Crippen molar-refractivity contribution in [1.82, 2.24) is 4.90 Å². The summed E-state index contributed by atoms with van der Waals surface area (Å²) in [5.41, 5.74) is 0.876. The van der Waals surface area contributed by atoms with E-state index in [0.717, 1.165) is 26.3 Å². The van der Waals surface area contributed by atoms with Gasteiger partial charge in [-0.15, -0.1) is 0 Å². The van der Waals surface area contributed by atoms with Gasteiger partial charge in [0.05, 0.1) is 4.91 Å². The predicted octanol–water partition coefficient (Wildman–Crippen LogP) is 4.90. The van der Waals surface area contributed by atoms with Gasteiger partial charge in [0.1, 0.15) is 0 Å². The molecule has 20 heavy (non-hydrogen) atoms. The van der Waals surface area contributed by atoms with Crippen molar-refractivity contribution in [3.63, 3.8) is 0 Å². The molecule has 0 atom stereocenters. The van der Waals surface area contributed by atoms with Gasteiger partial charge >= 0.3 is 0 Å². The summed E-state index contributed by atoms with van der Waals surface area (Å²) in [5, 5.41) is -0.191. The molecule has 2 amide bonds. The standard InChI is InChI=1S/C14H13Br2NO2S/c1-8(2)7-17-13(18)12(20-14(17)19)5-9-3-10(15)6-11(16)4-9/h3-6,8H,7H2,1-2H3/b12-5-. The molecule has 1 aromatic carbocycles. The topological polar surface area (TPSA) is 37.4 Å². The molecule has 0 aliphatic carbocycles. The molecule has 0 saturated carbocycles. The maximum atomic E-state index is 12.2.